The van der Waals surface area contributed by atoms with Gasteiger partial charge in [0.05, 0.1) is 11.7 Å². The molecule has 7 atom stereocenters. The number of nitrogen functional groups attached to an aromatic ring is 1. The van der Waals surface area contributed by atoms with Gasteiger partial charge >= 0.3 is 0 Å². The Morgan fingerprint density at radius 3 is 2.53 bits per heavy atom. The van der Waals surface area contributed by atoms with Gasteiger partial charge in [-0.25, -0.2) is 4.39 Å². The molecule has 2 fully saturated rings. The van der Waals surface area contributed by atoms with E-state index in [0.717, 1.165) is 16.7 Å². The number of hydrogen-bond acceptors (Lipinski definition) is 6. The van der Waals surface area contributed by atoms with Crippen LogP contribution in [-0.4, -0.2) is 52.9 Å². The first-order chi connectivity index (χ1) is 17.0. The minimum absolute atomic E-state index is 0.0689. The van der Waals surface area contributed by atoms with Crippen LogP contribution in [0, 0.1) is 17.3 Å². The molecule has 0 aromatic heterocycles. The summed E-state index contributed by atoms with van der Waals surface area (Å²) in [4.78, 5) is 0. The Balaban J connectivity index is 0.000000967. The third kappa shape index (κ3) is 4.20. The van der Waals surface area contributed by atoms with Crippen molar-refractivity contribution in [2.75, 3.05) is 19.8 Å². The molecule has 36 heavy (non-hydrogen) atoms. The summed E-state index contributed by atoms with van der Waals surface area (Å²) < 4.78 is 16.2. The maximum atomic E-state index is 16.2. The number of nitrogens with two attached hydrogens (primary N) is 2. The van der Waals surface area contributed by atoms with Gasteiger partial charge in [-0.3, -0.25) is 0 Å². The number of aliphatic hydroxyl groups excluding tert-OH is 2. The Labute approximate surface area is 214 Å². The summed E-state index contributed by atoms with van der Waals surface area (Å²) in [5.41, 5.74) is 12.3. The maximum Gasteiger partial charge on any atom is 0.145 e. The number of allylic oxidation sites excluding steroid dienone is 3. The molecule has 5 rings (SSSR count). The highest BCUT2D eigenvalue weighted by Gasteiger charge is 2.62. The summed E-state index contributed by atoms with van der Waals surface area (Å²) in [5, 5.41) is 36.3. The molecule has 0 heterocycles. The van der Waals surface area contributed by atoms with Crippen molar-refractivity contribution < 1.29 is 19.7 Å². The summed E-state index contributed by atoms with van der Waals surface area (Å²) in [7, 11) is 3.75. The molecular formula is C29H42FN3O3. The van der Waals surface area contributed by atoms with Crippen molar-refractivity contribution in [2.24, 2.45) is 23.0 Å². The zero-order valence-electron chi connectivity index (χ0n) is 21.7. The third-order valence-electron chi connectivity index (χ3n) is 9.14. The van der Waals surface area contributed by atoms with Crippen molar-refractivity contribution in [3.63, 3.8) is 0 Å². The smallest absolute Gasteiger partial charge is 0.145 e. The van der Waals surface area contributed by atoms with Crippen LogP contribution >= 0.6 is 0 Å². The van der Waals surface area contributed by atoms with Gasteiger partial charge < -0.3 is 32.1 Å². The van der Waals surface area contributed by atoms with Gasteiger partial charge in [-0.05, 0) is 99.2 Å². The van der Waals surface area contributed by atoms with Crippen molar-refractivity contribution in [1.82, 2.24) is 5.32 Å². The molecule has 8 N–H and O–H groups in total. The summed E-state index contributed by atoms with van der Waals surface area (Å²) in [6, 6.07) is 5.93. The topological polar surface area (TPSA) is 125 Å². The minimum atomic E-state index is -1.89. The Hall–Kier alpha value is -2.19. The zero-order chi connectivity index (χ0) is 26.3. The van der Waals surface area contributed by atoms with Crippen LogP contribution in [0.3, 0.4) is 0 Å². The average Bonchev–Trinajstić information content (AvgIpc) is 3.15. The Morgan fingerprint density at radius 2 is 1.86 bits per heavy atom. The van der Waals surface area contributed by atoms with E-state index in [-0.39, 0.29) is 23.7 Å². The fourth-order valence-corrected chi connectivity index (χ4v) is 7.34. The highest BCUT2D eigenvalue weighted by atomic mass is 19.1. The van der Waals surface area contributed by atoms with E-state index < -0.39 is 23.5 Å². The zero-order valence-corrected chi connectivity index (χ0v) is 21.7. The first-order valence-electron chi connectivity index (χ1n) is 13.1. The van der Waals surface area contributed by atoms with Gasteiger partial charge in [0.25, 0.3) is 0 Å². The Morgan fingerprint density at radius 1 is 1.14 bits per heavy atom. The number of alkyl halides is 1. The number of nitrogens with one attached hydrogen (secondary N) is 1. The van der Waals surface area contributed by atoms with Crippen molar-refractivity contribution in [3.8, 4) is 0 Å². The third-order valence-corrected chi connectivity index (χ3v) is 9.14. The highest BCUT2D eigenvalue weighted by Crippen LogP contribution is 2.63. The van der Waals surface area contributed by atoms with Gasteiger partial charge in [0.2, 0.25) is 0 Å². The molecule has 6 nitrogen and oxygen atoms in total. The normalized spacial score (nSPS) is 39.6. The second-order valence-electron chi connectivity index (χ2n) is 11.3. The number of benzene rings is 1. The number of anilines is 1. The van der Waals surface area contributed by atoms with Gasteiger partial charge in [0, 0.05) is 23.4 Å². The van der Waals surface area contributed by atoms with E-state index in [0.29, 0.717) is 49.8 Å². The van der Waals surface area contributed by atoms with Crippen LogP contribution in [0.5, 0.6) is 0 Å². The lowest BCUT2D eigenvalue weighted by atomic mass is 9.57. The lowest BCUT2D eigenvalue weighted by Crippen LogP contribution is -2.55. The summed E-state index contributed by atoms with van der Waals surface area (Å²) in [5.74, 6) is -0.511. The second kappa shape index (κ2) is 9.93. The second-order valence-corrected chi connectivity index (χ2v) is 11.3. The quantitative estimate of drug-likeness (QED) is 0.273. The van der Waals surface area contributed by atoms with Crippen LogP contribution in [0.25, 0.3) is 11.6 Å². The fourth-order valence-electron chi connectivity index (χ4n) is 7.34. The molecule has 0 aliphatic heterocycles. The van der Waals surface area contributed by atoms with E-state index in [1.54, 1.807) is 6.08 Å². The first-order valence-corrected chi connectivity index (χ1v) is 13.1. The molecule has 0 radical (unpaired) electrons. The van der Waals surface area contributed by atoms with E-state index >= 15 is 4.39 Å². The minimum Gasteiger partial charge on any atom is -0.405 e. The van der Waals surface area contributed by atoms with Gasteiger partial charge in [-0.2, -0.15) is 0 Å². The Bertz CT molecular complexity index is 1070. The van der Waals surface area contributed by atoms with E-state index in [2.05, 4.69) is 18.3 Å². The van der Waals surface area contributed by atoms with Crippen LogP contribution in [0.15, 0.2) is 42.1 Å². The molecule has 1 aromatic carbocycles. The summed E-state index contributed by atoms with van der Waals surface area (Å²) >= 11 is 0. The van der Waals surface area contributed by atoms with Crippen molar-refractivity contribution in [2.45, 2.75) is 75.3 Å². The molecule has 6 unspecified atom stereocenters. The summed E-state index contributed by atoms with van der Waals surface area (Å²) in [6.07, 6.45) is 8.33. The number of fused-ring (bicyclic) bond motifs is 4. The van der Waals surface area contributed by atoms with Crippen molar-refractivity contribution >= 4 is 17.3 Å². The predicted molar refractivity (Wildman–Crippen MR) is 143 cm³/mol. The number of aliphatic hydroxyl groups is 3. The van der Waals surface area contributed by atoms with Gasteiger partial charge in [0.15, 0.2) is 0 Å². The molecule has 0 bridgehead atoms. The standard InChI is InChI=1S/C27H35FN2O3.C2H7N/c1-25-11-9-21-24(32)26(28)15-19(31)5-4-18(26)8-12-27(21,33)23(25)7-6-20(25)17-3-2-16(10-13-29)22(30)14-17;1-3-2/h2-3,6,9-10,13-14,18-19,23-24,31-33H,4-5,7-8,11-12,15,29-30H2,1H3;3H,1-2H3/b13-10-;/t18?,19?,23?,24?,25?,26?,27-;/m1./s1. The first kappa shape index (κ1) is 26.9. The summed E-state index contributed by atoms with van der Waals surface area (Å²) in [6.45, 7) is 2.16. The largest absolute Gasteiger partial charge is 0.405 e. The van der Waals surface area contributed by atoms with Crippen molar-refractivity contribution in [1.29, 1.82) is 0 Å². The maximum absolute atomic E-state index is 16.2. The van der Waals surface area contributed by atoms with Gasteiger partial charge in [-0.15, -0.1) is 0 Å². The van der Waals surface area contributed by atoms with E-state index in [1.165, 1.54) is 6.20 Å². The molecular weight excluding hydrogens is 457 g/mol. The molecule has 0 amide bonds. The number of rotatable bonds is 2. The number of hydrogen-bond donors (Lipinski definition) is 6. The molecule has 2 saturated carbocycles. The van der Waals surface area contributed by atoms with E-state index in [1.807, 2.05) is 38.4 Å². The van der Waals surface area contributed by atoms with E-state index in [4.69, 9.17) is 11.5 Å². The van der Waals surface area contributed by atoms with Crippen LogP contribution in [0.2, 0.25) is 0 Å². The molecule has 7 heteroatoms. The fraction of sp³-hybridized carbons (Fsp3) is 0.586. The lowest BCUT2D eigenvalue weighted by molar-refractivity contribution is -0.0963. The van der Waals surface area contributed by atoms with Crippen molar-refractivity contribution in [3.05, 3.63) is 53.3 Å². The lowest BCUT2D eigenvalue weighted by Gasteiger charge is -2.50. The molecule has 0 spiro atoms. The molecule has 4 aliphatic carbocycles. The van der Waals surface area contributed by atoms with E-state index in [9.17, 15) is 15.3 Å². The van der Waals surface area contributed by atoms with Crippen LogP contribution in [0.1, 0.15) is 63.0 Å². The Kier molecular flexibility index (Phi) is 7.41. The monoisotopic (exact) mass is 499 g/mol. The van der Waals surface area contributed by atoms with Crippen LogP contribution in [-0.2, 0) is 0 Å². The molecule has 198 valence electrons. The average molecular weight is 500 g/mol. The molecule has 0 saturated heterocycles. The predicted octanol–water partition coefficient (Wildman–Crippen LogP) is 3.53. The van der Waals surface area contributed by atoms with Crippen LogP contribution in [0.4, 0.5) is 10.1 Å². The van der Waals surface area contributed by atoms with Crippen LogP contribution < -0.4 is 16.8 Å². The number of halogens is 1. The SMILES string of the molecule is CC12CC=C3C(O)C4(F)CC(O)CCC4CC[C@]3(O)C1CC=C2c1ccc(/C=C\N)c(N)c1.CNC. The molecule has 1 aromatic rings. The molecule has 4 aliphatic rings. The van der Waals surface area contributed by atoms with Gasteiger partial charge in [-0.1, -0.05) is 31.2 Å². The highest BCUT2D eigenvalue weighted by molar-refractivity contribution is 5.78. The van der Waals surface area contributed by atoms with Gasteiger partial charge in [0.1, 0.15) is 11.8 Å².